The predicted molar refractivity (Wildman–Crippen MR) is 111 cm³/mol. The number of nitrogens with zero attached hydrogens (tertiary/aromatic N) is 4. The van der Waals surface area contributed by atoms with Gasteiger partial charge in [0, 0.05) is 18.7 Å². The molecule has 30 heavy (non-hydrogen) atoms. The average Bonchev–Trinajstić information content (AvgIpc) is 3.09. The van der Waals surface area contributed by atoms with Gasteiger partial charge in [0.25, 0.3) is 0 Å². The van der Waals surface area contributed by atoms with Gasteiger partial charge in [-0.2, -0.15) is 4.31 Å². The van der Waals surface area contributed by atoms with Gasteiger partial charge in [-0.05, 0) is 53.8 Å². The van der Waals surface area contributed by atoms with E-state index < -0.39 is 15.8 Å². The molecule has 0 spiro atoms. The number of piperidine rings is 1. The van der Waals surface area contributed by atoms with Crippen LogP contribution in [-0.2, 0) is 16.6 Å². The molecule has 0 radical (unpaired) electrons. The Balaban J connectivity index is 1.61. The lowest BCUT2D eigenvalue weighted by Crippen LogP contribution is -2.42. The maximum Gasteiger partial charge on any atom is 0.243 e. The van der Waals surface area contributed by atoms with E-state index >= 15 is 0 Å². The summed E-state index contributed by atoms with van der Waals surface area (Å²) >= 11 is 6.03. The number of fused-ring (bicyclic) bond motifs is 1. The van der Waals surface area contributed by atoms with Crippen molar-refractivity contribution in [3.8, 4) is 0 Å². The first kappa shape index (κ1) is 21.0. The fourth-order valence-electron chi connectivity index (χ4n) is 3.85. The average molecular weight is 453 g/mol. The summed E-state index contributed by atoms with van der Waals surface area (Å²) in [6.07, 6.45) is 1.02. The highest BCUT2D eigenvalue weighted by atomic mass is 35.5. The Labute approximate surface area is 179 Å². The van der Waals surface area contributed by atoms with E-state index in [1.165, 1.54) is 30.3 Å². The molecular weight excluding hydrogens is 431 g/mol. The van der Waals surface area contributed by atoms with Crippen LogP contribution in [0.15, 0.2) is 41.3 Å². The second-order valence-corrected chi connectivity index (χ2v) is 10.2. The summed E-state index contributed by atoms with van der Waals surface area (Å²) in [5, 5.41) is 8.18. The molecule has 4 rings (SSSR count). The zero-order valence-electron chi connectivity index (χ0n) is 16.6. The first-order valence-electron chi connectivity index (χ1n) is 9.67. The Hall–Kier alpha value is -2.23. The summed E-state index contributed by atoms with van der Waals surface area (Å²) in [6, 6.07) is 8.67. The molecule has 1 aliphatic rings. The number of sulfonamides is 1. The van der Waals surface area contributed by atoms with Crippen molar-refractivity contribution in [1.29, 1.82) is 0 Å². The first-order valence-corrected chi connectivity index (χ1v) is 11.5. The normalized spacial score (nSPS) is 20.5. The summed E-state index contributed by atoms with van der Waals surface area (Å²) < 4.78 is 41.1. The van der Waals surface area contributed by atoms with E-state index in [1.807, 2.05) is 0 Å². The molecule has 0 aliphatic carbocycles. The molecule has 0 amide bonds. The SMILES string of the molecule is CC1CC(C)CN(S(=O)(=O)c2ccc3nnn(OCc4ccc(F)cc4Cl)c3c2)C1. The highest BCUT2D eigenvalue weighted by Gasteiger charge is 2.32. The summed E-state index contributed by atoms with van der Waals surface area (Å²) in [6.45, 7) is 5.16. The van der Waals surface area contributed by atoms with E-state index in [-0.39, 0.29) is 16.5 Å². The molecule has 0 bridgehead atoms. The van der Waals surface area contributed by atoms with Gasteiger partial charge in [-0.3, -0.25) is 0 Å². The molecule has 2 unspecified atom stereocenters. The second-order valence-electron chi connectivity index (χ2n) is 7.89. The molecule has 160 valence electrons. The third-order valence-electron chi connectivity index (χ3n) is 5.22. The van der Waals surface area contributed by atoms with Gasteiger partial charge in [0.05, 0.1) is 9.92 Å². The van der Waals surface area contributed by atoms with Crippen molar-refractivity contribution in [2.75, 3.05) is 13.1 Å². The monoisotopic (exact) mass is 452 g/mol. The highest BCUT2D eigenvalue weighted by Crippen LogP contribution is 2.28. The first-order chi connectivity index (χ1) is 14.2. The summed E-state index contributed by atoms with van der Waals surface area (Å²) in [4.78, 5) is 6.97. The summed E-state index contributed by atoms with van der Waals surface area (Å²) in [7, 11) is -3.65. The Morgan fingerprint density at radius 3 is 2.60 bits per heavy atom. The molecule has 1 aliphatic heterocycles. The molecule has 0 N–H and O–H groups in total. The fourth-order valence-corrected chi connectivity index (χ4v) is 5.78. The van der Waals surface area contributed by atoms with E-state index in [0.29, 0.717) is 41.5 Å². The molecule has 1 aromatic heterocycles. The van der Waals surface area contributed by atoms with Crippen LogP contribution in [0.25, 0.3) is 11.0 Å². The third-order valence-corrected chi connectivity index (χ3v) is 7.40. The number of halogens is 2. The molecule has 10 heteroatoms. The lowest BCUT2D eigenvalue weighted by atomic mass is 9.94. The summed E-state index contributed by atoms with van der Waals surface area (Å²) in [5.74, 6) is 0.178. The van der Waals surface area contributed by atoms with Gasteiger partial charge in [0.2, 0.25) is 10.0 Å². The number of benzene rings is 2. The van der Waals surface area contributed by atoms with E-state index in [2.05, 4.69) is 24.2 Å². The van der Waals surface area contributed by atoms with E-state index in [1.54, 1.807) is 10.4 Å². The highest BCUT2D eigenvalue weighted by molar-refractivity contribution is 7.89. The molecule has 2 heterocycles. The van der Waals surface area contributed by atoms with E-state index in [0.717, 1.165) is 11.3 Å². The lowest BCUT2D eigenvalue weighted by molar-refractivity contribution is 0.0751. The molecule has 2 aromatic carbocycles. The topological polar surface area (TPSA) is 77.3 Å². The molecule has 1 saturated heterocycles. The van der Waals surface area contributed by atoms with Crippen LogP contribution in [0.5, 0.6) is 0 Å². The molecule has 7 nitrogen and oxygen atoms in total. The molecule has 1 fully saturated rings. The lowest BCUT2D eigenvalue weighted by Gasteiger charge is -2.34. The van der Waals surface area contributed by atoms with Crippen molar-refractivity contribution in [3.05, 3.63) is 52.8 Å². The Morgan fingerprint density at radius 1 is 1.17 bits per heavy atom. The quantitative estimate of drug-likeness (QED) is 0.592. The van der Waals surface area contributed by atoms with Crippen molar-refractivity contribution in [1.82, 2.24) is 19.5 Å². The van der Waals surface area contributed by atoms with Crippen LogP contribution in [0.1, 0.15) is 25.8 Å². The van der Waals surface area contributed by atoms with Gasteiger partial charge in [-0.15, -0.1) is 5.10 Å². The Bertz CT molecular complexity index is 1170. The van der Waals surface area contributed by atoms with Crippen LogP contribution < -0.4 is 4.84 Å². The Morgan fingerprint density at radius 2 is 1.90 bits per heavy atom. The smallest absolute Gasteiger partial charge is 0.243 e. The maximum atomic E-state index is 13.2. The van der Waals surface area contributed by atoms with Crippen LogP contribution in [0.3, 0.4) is 0 Å². The van der Waals surface area contributed by atoms with E-state index in [4.69, 9.17) is 16.4 Å². The largest absolute Gasteiger partial charge is 0.390 e. The number of rotatable bonds is 5. The Kier molecular flexibility index (Phi) is 5.69. The van der Waals surface area contributed by atoms with Gasteiger partial charge in [0.1, 0.15) is 23.5 Å². The number of hydrogen-bond donors (Lipinski definition) is 0. The van der Waals surface area contributed by atoms with Crippen LogP contribution in [0.4, 0.5) is 4.39 Å². The van der Waals surface area contributed by atoms with Crippen LogP contribution in [0, 0.1) is 17.7 Å². The van der Waals surface area contributed by atoms with Crippen molar-refractivity contribution >= 4 is 32.7 Å². The van der Waals surface area contributed by atoms with Crippen LogP contribution in [0.2, 0.25) is 5.02 Å². The molecule has 3 aromatic rings. The standard InChI is InChI=1S/C20H22ClFN4O3S/c1-13-7-14(2)11-25(10-13)30(27,28)17-5-6-19-20(9-17)26(24-23-19)29-12-15-3-4-16(22)8-18(15)21/h3-6,8-9,13-14H,7,10-12H2,1-2H3. The van der Waals surface area contributed by atoms with Crippen molar-refractivity contribution in [2.45, 2.75) is 31.8 Å². The van der Waals surface area contributed by atoms with Crippen LogP contribution >= 0.6 is 11.6 Å². The number of hydrogen-bond acceptors (Lipinski definition) is 5. The third kappa shape index (κ3) is 4.14. The minimum atomic E-state index is -3.65. The summed E-state index contributed by atoms with van der Waals surface area (Å²) in [5.41, 5.74) is 1.49. The minimum absolute atomic E-state index is 0.0235. The zero-order valence-corrected chi connectivity index (χ0v) is 18.2. The zero-order chi connectivity index (χ0) is 21.5. The predicted octanol–water partition coefficient (Wildman–Crippen LogP) is 3.52. The fraction of sp³-hybridized carbons (Fsp3) is 0.400. The van der Waals surface area contributed by atoms with Gasteiger partial charge in [-0.25, -0.2) is 12.8 Å². The van der Waals surface area contributed by atoms with E-state index in [9.17, 15) is 12.8 Å². The van der Waals surface area contributed by atoms with Gasteiger partial charge in [0.15, 0.2) is 0 Å². The molecule has 2 atom stereocenters. The second kappa shape index (κ2) is 8.13. The van der Waals surface area contributed by atoms with Gasteiger partial charge in [-0.1, -0.05) is 36.4 Å². The van der Waals surface area contributed by atoms with Crippen molar-refractivity contribution < 1.29 is 17.6 Å². The van der Waals surface area contributed by atoms with Crippen molar-refractivity contribution in [3.63, 3.8) is 0 Å². The minimum Gasteiger partial charge on any atom is -0.390 e. The van der Waals surface area contributed by atoms with Gasteiger partial charge < -0.3 is 4.84 Å². The molecule has 0 saturated carbocycles. The number of aromatic nitrogens is 3. The maximum absolute atomic E-state index is 13.2. The van der Waals surface area contributed by atoms with Gasteiger partial charge >= 0.3 is 0 Å². The molecular formula is C20H22ClFN4O3S. The van der Waals surface area contributed by atoms with Crippen LogP contribution in [-0.4, -0.2) is 41.0 Å². The van der Waals surface area contributed by atoms with Crippen molar-refractivity contribution in [2.24, 2.45) is 11.8 Å².